The van der Waals surface area contributed by atoms with E-state index in [1.807, 2.05) is 30.3 Å². The molecule has 49 heavy (non-hydrogen) atoms. The van der Waals surface area contributed by atoms with Crippen LogP contribution in [0.2, 0.25) is 10.0 Å². The van der Waals surface area contributed by atoms with Crippen LogP contribution in [0.15, 0.2) is 101 Å². The second-order valence-corrected chi connectivity index (χ2v) is 12.1. The summed E-state index contributed by atoms with van der Waals surface area (Å²) in [6.07, 6.45) is 0.504. The van der Waals surface area contributed by atoms with E-state index in [0.29, 0.717) is 62.0 Å². The lowest BCUT2D eigenvalue weighted by Crippen LogP contribution is -2.55. The third-order valence-electron chi connectivity index (χ3n) is 8.28. The molecule has 0 radical (unpaired) electrons. The van der Waals surface area contributed by atoms with Gasteiger partial charge < -0.3 is 20.3 Å². The Labute approximate surface area is 288 Å². The maximum absolute atomic E-state index is 13.4. The molecular formula is C35H27Cl2N7O5. The quantitative estimate of drug-likeness (QED) is 0.171. The highest BCUT2D eigenvalue weighted by Gasteiger charge is 2.38. The van der Waals surface area contributed by atoms with Crippen molar-refractivity contribution in [2.24, 2.45) is 0 Å². The van der Waals surface area contributed by atoms with Gasteiger partial charge in [0.25, 0.3) is 0 Å². The summed E-state index contributed by atoms with van der Waals surface area (Å²) in [4.78, 5) is 62.1. The molecule has 3 heterocycles. The molecule has 12 nitrogen and oxygen atoms in total. The van der Waals surface area contributed by atoms with Crippen molar-refractivity contribution in [1.82, 2.24) is 24.4 Å². The van der Waals surface area contributed by atoms with Crippen LogP contribution >= 0.6 is 23.2 Å². The molecule has 1 aliphatic rings. The van der Waals surface area contributed by atoms with Crippen LogP contribution in [0.1, 0.15) is 6.42 Å². The number of halogens is 2. The zero-order valence-corrected chi connectivity index (χ0v) is 27.4. The van der Waals surface area contributed by atoms with E-state index in [9.17, 15) is 19.2 Å². The number of likely N-dealkylation sites (N-methyl/N-ethyl adjacent to an activating group) is 1. The Hall–Kier alpha value is -5.72. The van der Waals surface area contributed by atoms with Crippen LogP contribution in [0.4, 0.5) is 11.6 Å². The number of amides is 1. The SMILES string of the molecule is CNC(=O)CNc1nc(=O)n(-c2ccc(OC(=O)C3CCN3c3nc(=O)n(-c4ccccc4)c4cc(Cl)ccc34)cc2)c2cc(Cl)ccc12. The Bertz CT molecular complexity index is 2380. The molecule has 4 aromatic carbocycles. The smallest absolute Gasteiger partial charge is 0.354 e. The molecule has 7 rings (SSSR count). The van der Waals surface area contributed by atoms with Gasteiger partial charge in [0.05, 0.1) is 29.0 Å². The molecule has 0 bridgehead atoms. The van der Waals surface area contributed by atoms with Crippen LogP contribution in [0.25, 0.3) is 33.2 Å². The number of benzene rings is 4. The highest BCUT2D eigenvalue weighted by atomic mass is 35.5. The van der Waals surface area contributed by atoms with Gasteiger partial charge in [-0.25, -0.2) is 14.4 Å². The highest BCUT2D eigenvalue weighted by molar-refractivity contribution is 6.31. The van der Waals surface area contributed by atoms with Gasteiger partial charge in [0.15, 0.2) is 0 Å². The first-order chi connectivity index (χ1) is 23.7. The third kappa shape index (κ3) is 6.07. The predicted octanol–water partition coefficient (Wildman–Crippen LogP) is 4.73. The average Bonchev–Trinajstić information content (AvgIpc) is 3.07. The average molecular weight is 697 g/mol. The Morgan fingerprint density at radius 2 is 1.43 bits per heavy atom. The number of aromatic nitrogens is 4. The molecule has 1 saturated heterocycles. The first-order valence-corrected chi connectivity index (χ1v) is 16.0. The fraction of sp³-hybridized carbons (Fsp3) is 0.143. The number of fused-ring (bicyclic) bond motifs is 2. The van der Waals surface area contributed by atoms with Crippen molar-refractivity contribution in [1.29, 1.82) is 0 Å². The molecule has 1 fully saturated rings. The summed E-state index contributed by atoms with van der Waals surface area (Å²) in [6.45, 7) is 0.428. The van der Waals surface area contributed by atoms with Crippen molar-refractivity contribution in [2.75, 3.05) is 30.4 Å². The Morgan fingerprint density at radius 1 is 0.816 bits per heavy atom. The lowest BCUT2D eigenvalue weighted by atomic mass is 10.0. The fourth-order valence-electron chi connectivity index (χ4n) is 5.80. The molecule has 2 N–H and O–H groups in total. The summed E-state index contributed by atoms with van der Waals surface area (Å²) < 4.78 is 8.63. The second-order valence-electron chi connectivity index (χ2n) is 11.2. The van der Waals surface area contributed by atoms with Crippen LogP contribution in [-0.2, 0) is 9.59 Å². The molecule has 2 aromatic heterocycles. The van der Waals surface area contributed by atoms with Gasteiger partial charge in [-0.3, -0.25) is 13.9 Å². The molecule has 1 unspecified atom stereocenters. The van der Waals surface area contributed by atoms with Gasteiger partial charge in [-0.05, 0) is 79.2 Å². The van der Waals surface area contributed by atoms with Crippen molar-refractivity contribution >= 4 is 68.5 Å². The van der Waals surface area contributed by atoms with Gasteiger partial charge in [0, 0.05) is 34.4 Å². The normalized spacial score (nSPS) is 14.0. The van der Waals surface area contributed by atoms with Crippen LogP contribution in [0, 0.1) is 0 Å². The molecule has 1 amide bonds. The number of carbonyl (C=O) groups excluding carboxylic acids is 2. The summed E-state index contributed by atoms with van der Waals surface area (Å²) >= 11 is 12.6. The van der Waals surface area contributed by atoms with E-state index in [4.69, 9.17) is 27.9 Å². The van der Waals surface area contributed by atoms with Crippen LogP contribution in [0.5, 0.6) is 5.75 Å². The molecule has 0 spiro atoms. The summed E-state index contributed by atoms with van der Waals surface area (Å²) in [5.74, 6) is 0.0931. The summed E-state index contributed by atoms with van der Waals surface area (Å²) in [5, 5.41) is 7.52. The lowest BCUT2D eigenvalue weighted by molar-refractivity contribution is -0.137. The topological polar surface area (TPSA) is 140 Å². The number of rotatable bonds is 8. The van der Waals surface area contributed by atoms with Crippen molar-refractivity contribution in [3.63, 3.8) is 0 Å². The number of hydrogen-bond donors (Lipinski definition) is 2. The van der Waals surface area contributed by atoms with Crippen molar-refractivity contribution in [2.45, 2.75) is 12.5 Å². The minimum Gasteiger partial charge on any atom is -0.425 e. The molecular weight excluding hydrogens is 669 g/mol. The summed E-state index contributed by atoms with van der Waals surface area (Å²) in [7, 11) is 1.51. The van der Waals surface area contributed by atoms with E-state index in [1.54, 1.807) is 65.6 Å². The summed E-state index contributed by atoms with van der Waals surface area (Å²) in [5.41, 5.74) is 1.04. The Balaban J connectivity index is 1.15. The number of esters is 1. The maximum Gasteiger partial charge on any atom is 0.354 e. The number of ether oxygens (including phenoxy) is 1. The van der Waals surface area contributed by atoms with Gasteiger partial charge in [-0.1, -0.05) is 41.4 Å². The number of anilines is 2. The van der Waals surface area contributed by atoms with E-state index in [0.717, 1.165) is 0 Å². The van der Waals surface area contributed by atoms with Crippen LogP contribution in [-0.4, -0.2) is 57.2 Å². The molecule has 246 valence electrons. The van der Waals surface area contributed by atoms with Crippen LogP contribution in [0.3, 0.4) is 0 Å². The van der Waals surface area contributed by atoms with Crippen molar-refractivity contribution in [3.05, 3.63) is 122 Å². The fourth-order valence-corrected chi connectivity index (χ4v) is 6.13. The Kier molecular flexibility index (Phi) is 8.49. The first-order valence-electron chi connectivity index (χ1n) is 15.2. The lowest BCUT2D eigenvalue weighted by Gasteiger charge is -2.40. The van der Waals surface area contributed by atoms with Crippen molar-refractivity contribution < 1.29 is 14.3 Å². The minimum atomic E-state index is -0.675. The molecule has 0 aliphatic carbocycles. The van der Waals surface area contributed by atoms with Gasteiger partial charge in [-0.2, -0.15) is 9.97 Å². The van der Waals surface area contributed by atoms with E-state index in [-0.39, 0.29) is 24.0 Å². The largest absolute Gasteiger partial charge is 0.425 e. The molecule has 0 saturated carbocycles. The monoisotopic (exact) mass is 695 g/mol. The number of para-hydroxylation sites is 1. The van der Waals surface area contributed by atoms with E-state index < -0.39 is 23.4 Å². The zero-order chi connectivity index (χ0) is 34.2. The van der Waals surface area contributed by atoms with Gasteiger partial charge in [0.1, 0.15) is 23.4 Å². The number of nitrogens with zero attached hydrogens (tertiary/aromatic N) is 5. The standard InChI is InChI=1S/C35H27Cl2N7O5/c1-38-30(45)19-39-31-25-13-7-20(36)17-28(25)44(34(47)40-31)23-9-11-24(12-10-23)49-33(46)27-15-16-42(27)32-26-14-8-21(37)18-29(26)43(35(48)41-32)22-5-3-2-4-6-22/h2-14,17-18,27H,15-16,19H2,1H3,(H,38,45)(H,39,40,47). The summed E-state index contributed by atoms with van der Waals surface area (Å²) in [6, 6.07) is 25.1. The molecule has 6 aromatic rings. The zero-order valence-electron chi connectivity index (χ0n) is 25.9. The third-order valence-corrected chi connectivity index (χ3v) is 8.75. The van der Waals surface area contributed by atoms with Gasteiger partial charge in [0.2, 0.25) is 5.91 Å². The molecule has 1 aliphatic heterocycles. The molecule has 1 atom stereocenters. The van der Waals surface area contributed by atoms with Gasteiger partial charge >= 0.3 is 17.3 Å². The van der Waals surface area contributed by atoms with E-state index in [2.05, 4.69) is 20.6 Å². The maximum atomic E-state index is 13.4. The highest BCUT2D eigenvalue weighted by Crippen LogP contribution is 2.33. The van der Waals surface area contributed by atoms with Gasteiger partial charge in [-0.15, -0.1) is 0 Å². The predicted molar refractivity (Wildman–Crippen MR) is 189 cm³/mol. The number of hydrogen-bond acceptors (Lipinski definition) is 9. The van der Waals surface area contributed by atoms with E-state index in [1.165, 1.54) is 16.2 Å². The minimum absolute atomic E-state index is 0.0696. The van der Waals surface area contributed by atoms with Crippen LogP contribution < -0.4 is 31.6 Å². The first kappa shape index (κ1) is 31.9. The second kappa shape index (κ2) is 13.1. The Morgan fingerprint density at radius 3 is 2.06 bits per heavy atom. The number of carbonyl (C=O) groups is 2. The van der Waals surface area contributed by atoms with Crippen molar-refractivity contribution in [3.8, 4) is 17.1 Å². The number of nitrogens with one attached hydrogen (secondary N) is 2. The van der Waals surface area contributed by atoms with E-state index >= 15 is 0 Å². The molecule has 14 heteroatoms.